The van der Waals surface area contributed by atoms with Gasteiger partial charge in [0.1, 0.15) is 35.1 Å². The molecule has 0 unspecified atom stereocenters. The first-order valence-electron chi connectivity index (χ1n) is 12.8. The molecule has 1 fully saturated rings. The number of likely N-dealkylation sites (tertiary alicyclic amines) is 1. The molecule has 0 aliphatic carbocycles. The van der Waals surface area contributed by atoms with Crippen LogP contribution in [0.3, 0.4) is 0 Å². The van der Waals surface area contributed by atoms with Gasteiger partial charge >= 0.3 is 0 Å². The fraction of sp³-hybridized carbons (Fsp3) is 0.207. The second kappa shape index (κ2) is 11.8. The van der Waals surface area contributed by atoms with E-state index in [1.54, 1.807) is 48.6 Å². The first-order chi connectivity index (χ1) is 19.5. The van der Waals surface area contributed by atoms with E-state index < -0.39 is 5.82 Å². The van der Waals surface area contributed by atoms with Gasteiger partial charge in [0.2, 0.25) is 5.91 Å². The quantitative estimate of drug-likeness (QED) is 0.171. The summed E-state index contributed by atoms with van der Waals surface area (Å²) in [5.41, 5.74) is 3.06. The largest absolute Gasteiger partial charge is 0.457 e. The lowest BCUT2D eigenvalue weighted by molar-refractivity contribution is -0.127. The normalized spacial score (nSPS) is 14.2. The highest BCUT2D eigenvalue weighted by Crippen LogP contribution is 2.37. The number of amides is 1. The van der Waals surface area contributed by atoms with Crippen molar-refractivity contribution in [3.63, 3.8) is 0 Å². The monoisotopic (exact) mass is 540 g/mol. The third-order valence-electron chi connectivity index (χ3n) is 6.83. The Balaban J connectivity index is 1.35. The molecule has 5 rings (SSSR count). The Morgan fingerprint density at radius 1 is 1.20 bits per heavy atom. The minimum absolute atomic E-state index is 0.0583. The van der Waals surface area contributed by atoms with Gasteiger partial charge in [0.25, 0.3) is 0 Å². The molecule has 1 amide bonds. The van der Waals surface area contributed by atoms with E-state index >= 15 is 4.39 Å². The van der Waals surface area contributed by atoms with Crippen LogP contribution in [0.15, 0.2) is 67.9 Å². The fourth-order valence-corrected chi connectivity index (χ4v) is 4.85. The molecule has 10 nitrogen and oxygen atoms in total. The molecule has 0 bridgehead atoms. The van der Waals surface area contributed by atoms with E-state index in [1.165, 1.54) is 24.7 Å². The Morgan fingerprint density at radius 3 is 2.73 bits per heavy atom. The van der Waals surface area contributed by atoms with E-state index in [-0.39, 0.29) is 17.5 Å². The Bertz CT molecular complexity index is 1590. The third kappa shape index (κ3) is 5.53. The number of allylic oxidation sites excluding steroid dienone is 1. The summed E-state index contributed by atoms with van der Waals surface area (Å²) in [6, 6.07) is 7.90. The number of ether oxygens (including phenoxy) is 1. The van der Waals surface area contributed by atoms with Gasteiger partial charge in [-0.05, 0) is 48.6 Å². The molecule has 1 saturated heterocycles. The van der Waals surface area contributed by atoms with Crippen LogP contribution in [0.1, 0.15) is 30.0 Å². The molecule has 11 heteroatoms. The number of piperidine rings is 1. The first-order valence-corrected chi connectivity index (χ1v) is 12.8. The number of carbonyl (C=O) groups is 1. The number of H-pyrrole nitrogens is 1. The number of pyridine rings is 1. The van der Waals surface area contributed by atoms with Gasteiger partial charge < -0.3 is 30.7 Å². The molecule has 40 heavy (non-hydrogen) atoms. The zero-order chi connectivity index (χ0) is 28.1. The molecule has 0 atom stereocenters. The van der Waals surface area contributed by atoms with Gasteiger partial charge in [-0.25, -0.2) is 14.4 Å². The summed E-state index contributed by atoms with van der Waals surface area (Å²) in [5, 5.41) is 14.4. The summed E-state index contributed by atoms with van der Waals surface area (Å²) >= 11 is 0. The van der Waals surface area contributed by atoms with Crippen molar-refractivity contribution >= 4 is 40.2 Å². The van der Waals surface area contributed by atoms with Crippen LogP contribution >= 0.6 is 0 Å². The van der Waals surface area contributed by atoms with Crippen LogP contribution in [-0.4, -0.2) is 57.1 Å². The van der Waals surface area contributed by atoms with Gasteiger partial charge in [0, 0.05) is 62.7 Å². The minimum atomic E-state index is -0.512. The van der Waals surface area contributed by atoms with Gasteiger partial charge in [-0.3, -0.25) is 9.78 Å². The summed E-state index contributed by atoms with van der Waals surface area (Å²) in [6.07, 6.45) is 10.7. The predicted octanol–water partition coefficient (Wildman–Crippen LogP) is 5.13. The minimum Gasteiger partial charge on any atom is -0.457 e. The molecule has 0 saturated carbocycles. The molecule has 0 spiro atoms. The predicted molar refractivity (Wildman–Crippen MR) is 152 cm³/mol. The highest BCUT2D eigenvalue weighted by Gasteiger charge is 2.26. The number of rotatable bonds is 9. The molecule has 1 aliphatic rings. The van der Waals surface area contributed by atoms with E-state index in [0.717, 1.165) is 23.8 Å². The number of anilines is 2. The maximum absolute atomic E-state index is 15.2. The van der Waals surface area contributed by atoms with Crippen LogP contribution in [-0.2, 0) is 4.79 Å². The standard InChI is InChI=1S/C29H29FN8O2/c1-3-26(39)38-10-7-18(8-11-38)22-16-34-28-27(22)29(36-17-35-28)37-24-5-4-20(12-23(24)30)40-21-6-9-33-25(13-21)19(14-31)15-32-2/h3-6,9,12-18,31-32H,1,7-8,10-11H2,2H3,(H2,34,35,36,37)/b19-15+,31-14?. The van der Waals surface area contributed by atoms with Crippen molar-refractivity contribution in [3.05, 3.63) is 85.0 Å². The average Bonchev–Trinajstić information content (AvgIpc) is 3.42. The summed E-state index contributed by atoms with van der Waals surface area (Å²) in [7, 11) is 1.74. The number of aromatic amines is 1. The molecular weight excluding hydrogens is 511 g/mol. The fourth-order valence-electron chi connectivity index (χ4n) is 4.85. The van der Waals surface area contributed by atoms with Crippen molar-refractivity contribution in [2.45, 2.75) is 18.8 Å². The van der Waals surface area contributed by atoms with E-state index in [1.807, 2.05) is 6.20 Å². The lowest BCUT2D eigenvalue weighted by Crippen LogP contribution is -2.36. The number of fused-ring (bicyclic) bond motifs is 1. The average molecular weight is 541 g/mol. The third-order valence-corrected chi connectivity index (χ3v) is 6.83. The summed E-state index contributed by atoms with van der Waals surface area (Å²) in [5.74, 6) is 0.900. The van der Waals surface area contributed by atoms with E-state index in [4.69, 9.17) is 10.1 Å². The van der Waals surface area contributed by atoms with Crippen molar-refractivity contribution in [2.75, 3.05) is 25.5 Å². The molecule has 3 aromatic heterocycles. The first kappa shape index (κ1) is 26.5. The number of nitrogens with one attached hydrogen (secondary N) is 4. The number of nitrogens with zero attached hydrogens (tertiary/aromatic N) is 4. The molecule has 4 N–H and O–H groups in total. The lowest BCUT2D eigenvalue weighted by atomic mass is 9.89. The second-order valence-corrected chi connectivity index (χ2v) is 9.27. The van der Waals surface area contributed by atoms with Crippen molar-refractivity contribution in [2.24, 2.45) is 0 Å². The maximum atomic E-state index is 15.2. The van der Waals surface area contributed by atoms with Crippen molar-refractivity contribution in [1.29, 1.82) is 5.41 Å². The Hall–Kier alpha value is -5.06. The van der Waals surface area contributed by atoms with Crippen LogP contribution in [0.4, 0.5) is 15.9 Å². The molecular formula is C29H29FN8O2. The number of aromatic nitrogens is 4. The van der Waals surface area contributed by atoms with Gasteiger partial charge in [-0.15, -0.1) is 0 Å². The maximum Gasteiger partial charge on any atom is 0.245 e. The summed E-state index contributed by atoms with van der Waals surface area (Å²) in [4.78, 5) is 30.0. The van der Waals surface area contributed by atoms with Crippen LogP contribution in [0, 0.1) is 11.2 Å². The molecule has 1 aromatic carbocycles. The SMILES string of the molecule is C=CC(=O)N1CCC(c2c[nH]c3ncnc(Nc4ccc(Oc5ccnc(/C(C=N)=C/NC)c5)cc4F)c23)CC1. The summed E-state index contributed by atoms with van der Waals surface area (Å²) in [6.45, 7) is 4.86. The Kier molecular flexibility index (Phi) is 7.81. The summed E-state index contributed by atoms with van der Waals surface area (Å²) < 4.78 is 21.1. The molecule has 204 valence electrons. The number of benzene rings is 1. The molecule has 4 heterocycles. The molecule has 1 aliphatic heterocycles. The van der Waals surface area contributed by atoms with Crippen LogP contribution in [0.2, 0.25) is 0 Å². The van der Waals surface area contributed by atoms with E-state index in [0.29, 0.717) is 47.3 Å². The van der Waals surface area contributed by atoms with Crippen molar-refractivity contribution in [3.8, 4) is 11.5 Å². The molecule has 4 aromatic rings. The number of hydrogen-bond acceptors (Lipinski definition) is 8. The van der Waals surface area contributed by atoms with Gasteiger partial charge in [-0.2, -0.15) is 0 Å². The van der Waals surface area contributed by atoms with Crippen LogP contribution in [0.25, 0.3) is 16.6 Å². The van der Waals surface area contributed by atoms with Gasteiger partial charge in [0.15, 0.2) is 0 Å². The van der Waals surface area contributed by atoms with Crippen molar-refractivity contribution < 1.29 is 13.9 Å². The number of carbonyl (C=O) groups excluding carboxylic acids is 1. The van der Waals surface area contributed by atoms with Crippen LogP contribution < -0.4 is 15.4 Å². The van der Waals surface area contributed by atoms with Crippen molar-refractivity contribution in [1.82, 2.24) is 30.2 Å². The number of hydrogen-bond donors (Lipinski definition) is 4. The highest BCUT2D eigenvalue weighted by molar-refractivity contribution is 6.07. The van der Waals surface area contributed by atoms with Gasteiger partial charge in [-0.1, -0.05) is 6.58 Å². The second-order valence-electron chi connectivity index (χ2n) is 9.27. The Morgan fingerprint density at radius 2 is 2.00 bits per heavy atom. The van der Waals surface area contributed by atoms with Crippen LogP contribution in [0.5, 0.6) is 11.5 Å². The zero-order valence-corrected chi connectivity index (χ0v) is 21.9. The highest BCUT2D eigenvalue weighted by atomic mass is 19.1. The van der Waals surface area contributed by atoms with E-state index in [9.17, 15) is 4.79 Å². The zero-order valence-electron chi connectivity index (χ0n) is 21.9. The molecule has 0 radical (unpaired) electrons. The van der Waals surface area contributed by atoms with E-state index in [2.05, 4.69) is 37.1 Å². The van der Waals surface area contributed by atoms with Gasteiger partial charge in [0.05, 0.1) is 16.8 Å². The smallest absolute Gasteiger partial charge is 0.245 e. The number of halogens is 1. The topological polar surface area (TPSA) is 132 Å². The Labute approximate surface area is 230 Å². The lowest BCUT2D eigenvalue weighted by Gasteiger charge is -2.31.